The zero-order valence-electron chi connectivity index (χ0n) is 13.0. The van der Waals surface area contributed by atoms with Crippen molar-refractivity contribution in [2.24, 2.45) is 11.8 Å². The van der Waals surface area contributed by atoms with Crippen molar-refractivity contribution in [1.29, 1.82) is 0 Å². The molecule has 0 bridgehead atoms. The third kappa shape index (κ3) is 6.17. The summed E-state index contributed by atoms with van der Waals surface area (Å²) in [5.74, 6) is -0.505. The fourth-order valence-electron chi connectivity index (χ4n) is 2.02. The molecule has 0 aromatic heterocycles. The molecule has 2 amide bonds. The van der Waals surface area contributed by atoms with E-state index in [-0.39, 0.29) is 0 Å². The first-order valence-electron chi connectivity index (χ1n) is 7.15. The van der Waals surface area contributed by atoms with E-state index in [0.29, 0.717) is 35.6 Å². The Labute approximate surface area is 131 Å². The highest BCUT2D eigenvalue weighted by atomic mass is 35.5. The van der Waals surface area contributed by atoms with Crippen LogP contribution in [0.1, 0.15) is 27.7 Å². The molecular formula is C16H23ClN2O2. The lowest BCUT2D eigenvalue weighted by Crippen LogP contribution is -2.43. The quantitative estimate of drug-likeness (QED) is 0.847. The number of amides is 2. The minimum absolute atomic E-state index is 0.312. The van der Waals surface area contributed by atoms with Crippen molar-refractivity contribution >= 4 is 29.1 Å². The third-order valence-electron chi connectivity index (χ3n) is 2.74. The molecule has 0 aliphatic heterocycles. The molecule has 0 fully saturated rings. The summed E-state index contributed by atoms with van der Waals surface area (Å²) in [6, 6.07) is 6.75. The van der Waals surface area contributed by atoms with Gasteiger partial charge in [-0.3, -0.25) is 9.59 Å². The Bertz CT molecular complexity index is 491. The van der Waals surface area contributed by atoms with E-state index >= 15 is 0 Å². The van der Waals surface area contributed by atoms with Crippen LogP contribution in [0.3, 0.4) is 0 Å². The summed E-state index contributed by atoms with van der Waals surface area (Å²) < 4.78 is 0. The van der Waals surface area contributed by atoms with E-state index in [9.17, 15) is 9.59 Å². The topological polar surface area (TPSA) is 49.4 Å². The standard InChI is InChI=1S/C16H23ClN2O2/c1-11(2)9-19(10-12(3)4)16(21)15(20)18-14-7-5-6-13(17)8-14/h5-8,11-12H,9-10H2,1-4H3,(H,18,20). The number of carbonyl (C=O) groups is 2. The van der Waals surface area contributed by atoms with Gasteiger partial charge in [-0.1, -0.05) is 45.4 Å². The maximum Gasteiger partial charge on any atom is 0.313 e. The summed E-state index contributed by atoms with van der Waals surface area (Å²) in [5.41, 5.74) is 0.523. The molecule has 0 heterocycles. The van der Waals surface area contributed by atoms with Crippen LogP contribution >= 0.6 is 11.6 Å². The van der Waals surface area contributed by atoms with Crippen molar-refractivity contribution in [3.8, 4) is 0 Å². The number of rotatable bonds is 5. The summed E-state index contributed by atoms with van der Waals surface area (Å²) in [4.78, 5) is 26.0. The van der Waals surface area contributed by atoms with Gasteiger partial charge in [-0.2, -0.15) is 0 Å². The van der Waals surface area contributed by atoms with Crippen LogP contribution in [0, 0.1) is 11.8 Å². The van der Waals surface area contributed by atoms with Crippen molar-refractivity contribution < 1.29 is 9.59 Å². The molecule has 1 N–H and O–H groups in total. The Morgan fingerprint density at radius 1 is 1.14 bits per heavy atom. The Balaban J connectivity index is 2.75. The molecule has 0 atom stereocenters. The Hall–Kier alpha value is -1.55. The van der Waals surface area contributed by atoms with Crippen LogP contribution in [-0.2, 0) is 9.59 Å². The maximum absolute atomic E-state index is 12.3. The second kappa shape index (κ2) is 8.03. The number of nitrogens with zero attached hydrogens (tertiary/aromatic N) is 1. The first-order valence-corrected chi connectivity index (χ1v) is 7.53. The van der Waals surface area contributed by atoms with Gasteiger partial charge >= 0.3 is 11.8 Å². The van der Waals surface area contributed by atoms with Crippen LogP contribution in [0.15, 0.2) is 24.3 Å². The van der Waals surface area contributed by atoms with E-state index in [1.807, 2.05) is 27.7 Å². The SMILES string of the molecule is CC(C)CN(CC(C)C)C(=O)C(=O)Nc1cccc(Cl)c1. The number of carbonyl (C=O) groups excluding carboxylic acids is 2. The summed E-state index contributed by atoms with van der Waals surface area (Å²) in [7, 11) is 0. The number of hydrogen-bond acceptors (Lipinski definition) is 2. The first-order chi connectivity index (χ1) is 9.79. The van der Waals surface area contributed by atoms with Gasteiger partial charge < -0.3 is 10.2 Å². The lowest BCUT2D eigenvalue weighted by Gasteiger charge is -2.25. The van der Waals surface area contributed by atoms with Crippen LogP contribution in [0.25, 0.3) is 0 Å². The predicted octanol–water partition coefficient (Wildman–Crippen LogP) is 3.42. The molecule has 0 aliphatic carbocycles. The van der Waals surface area contributed by atoms with Gasteiger partial charge in [0.1, 0.15) is 0 Å². The Kier molecular flexibility index (Phi) is 6.69. The minimum Gasteiger partial charge on any atom is -0.334 e. The second-order valence-electron chi connectivity index (χ2n) is 5.96. The van der Waals surface area contributed by atoms with Gasteiger partial charge in [0, 0.05) is 23.8 Å². The van der Waals surface area contributed by atoms with Crippen LogP contribution in [-0.4, -0.2) is 29.8 Å². The van der Waals surface area contributed by atoms with Crippen LogP contribution in [0.4, 0.5) is 5.69 Å². The Morgan fingerprint density at radius 3 is 2.19 bits per heavy atom. The number of benzene rings is 1. The van der Waals surface area contributed by atoms with Gasteiger partial charge in [0.2, 0.25) is 0 Å². The van der Waals surface area contributed by atoms with Crippen molar-refractivity contribution in [3.05, 3.63) is 29.3 Å². The lowest BCUT2D eigenvalue weighted by atomic mass is 10.1. The molecule has 1 aromatic rings. The highest BCUT2D eigenvalue weighted by molar-refractivity contribution is 6.39. The molecule has 0 spiro atoms. The van der Waals surface area contributed by atoms with Crippen LogP contribution in [0.2, 0.25) is 5.02 Å². The Morgan fingerprint density at radius 2 is 1.71 bits per heavy atom. The van der Waals surface area contributed by atoms with E-state index in [2.05, 4.69) is 5.32 Å². The zero-order chi connectivity index (χ0) is 16.0. The first kappa shape index (κ1) is 17.5. The highest BCUT2D eigenvalue weighted by Crippen LogP contribution is 2.15. The third-order valence-corrected chi connectivity index (χ3v) is 2.97. The van der Waals surface area contributed by atoms with E-state index in [1.54, 1.807) is 29.2 Å². The summed E-state index contributed by atoms with van der Waals surface area (Å²) in [6.45, 7) is 9.23. The fourth-order valence-corrected chi connectivity index (χ4v) is 2.21. The lowest BCUT2D eigenvalue weighted by molar-refractivity contribution is -0.143. The number of anilines is 1. The average Bonchev–Trinajstić information content (AvgIpc) is 2.35. The predicted molar refractivity (Wildman–Crippen MR) is 86.3 cm³/mol. The fraction of sp³-hybridized carbons (Fsp3) is 0.500. The zero-order valence-corrected chi connectivity index (χ0v) is 13.8. The molecule has 4 nitrogen and oxygen atoms in total. The average molecular weight is 311 g/mol. The molecule has 1 rings (SSSR count). The molecule has 0 saturated carbocycles. The summed E-state index contributed by atoms with van der Waals surface area (Å²) in [6.07, 6.45) is 0. The molecule has 1 aromatic carbocycles. The largest absolute Gasteiger partial charge is 0.334 e. The minimum atomic E-state index is -0.626. The van der Waals surface area contributed by atoms with Crippen LogP contribution in [0.5, 0.6) is 0 Å². The smallest absolute Gasteiger partial charge is 0.313 e. The molecule has 116 valence electrons. The maximum atomic E-state index is 12.3. The van der Waals surface area contributed by atoms with Crippen molar-refractivity contribution in [2.75, 3.05) is 18.4 Å². The van der Waals surface area contributed by atoms with E-state index < -0.39 is 11.8 Å². The van der Waals surface area contributed by atoms with Gasteiger partial charge in [-0.15, -0.1) is 0 Å². The number of hydrogen-bond donors (Lipinski definition) is 1. The molecule has 0 radical (unpaired) electrons. The highest BCUT2D eigenvalue weighted by Gasteiger charge is 2.23. The van der Waals surface area contributed by atoms with Crippen LogP contribution < -0.4 is 5.32 Å². The van der Waals surface area contributed by atoms with Crippen molar-refractivity contribution in [1.82, 2.24) is 4.90 Å². The molecule has 21 heavy (non-hydrogen) atoms. The van der Waals surface area contributed by atoms with Gasteiger partial charge in [-0.05, 0) is 30.0 Å². The molecule has 5 heteroatoms. The summed E-state index contributed by atoms with van der Waals surface area (Å²) in [5, 5.41) is 3.11. The van der Waals surface area contributed by atoms with Crippen molar-refractivity contribution in [3.63, 3.8) is 0 Å². The summed E-state index contributed by atoms with van der Waals surface area (Å²) >= 11 is 5.86. The van der Waals surface area contributed by atoms with Gasteiger partial charge in [0.15, 0.2) is 0 Å². The van der Waals surface area contributed by atoms with E-state index in [0.717, 1.165) is 0 Å². The monoisotopic (exact) mass is 310 g/mol. The normalized spacial score (nSPS) is 10.8. The van der Waals surface area contributed by atoms with Crippen molar-refractivity contribution in [2.45, 2.75) is 27.7 Å². The number of nitrogens with one attached hydrogen (secondary N) is 1. The second-order valence-corrected chi connectivity index (χ2v) is 6.40. The van der Waals surface area contributed by atoms with E-state index in [1.165, 1.54) is 0 Å². The molecule has 0 unspecified atom stereocenters. The molecular weight excluding hydrogens is 288 g/mol. The van der Waals surface area contributed by atoms with E-state index in [4.69, 9.17) is 11.6 Å². The molecule has 0 saturated heterocycles. The van der Waals surface area contributed by atoms with Gasteiger partial charge in [0.25, 0.3) is 0 Å². The van der Waals surface area contributed by atoms with Gasteiger partial charge in [-0.25, -0.2) is 0 Å². The number of halogens is 1. The van der Waals surface area contributed by atoms with Gasteiger partial charge in [0.05, 0.1) is 0 Å². The molecule has 0 aliphatic rings.